The zero-order valence-corrected chi connectivity index (χ0v) is 16.4. The van der Waals surface area contributed by atoms with Crippen molar-refractivity contribution in [3.8, 4) is 11.4 Å². The average Bonchev–Trinajstić information content (AvgIpc) is 3.07. The van der Waals surface area contributed by atoms with Gasteiger partial charge in [0.25, 0.3) is 5.69 Å². The highest BCUT2D eigenvalue weighted by Gasteiger charge is 2.28. The summed E-state index contributed by atoms with van der Waals surface area (Å²) in [5, 5.41) is 17.7. The van der Waals surface area contributed by atoms with Crippen molar-refractivity contribution in [2.45, 2.75) is 53.5 Å². The Morgan fingerprint density at radius 1 is 1.30 bits per heavy atom. The van der Waals surface area contributed by atoms with E-state index in [1.165, 1.54) is 12.1 Å². The number of benzene rings is 1. The number of non-ortho nitro benzene ring substituents is 1. The second-order valence-electron chi connectivity index (χ2n) is 7.93. The van der Waals surface area contributed by atoms with Crippen LogP contribution in [0.5, 0.6) is 0 Å². The largest absolute Gasteiger partial charge is 0.344 e. The van der Waals surface area contributed by atoms with Crippen LogP contribution in [0, 0.1) is 21.4 Å². The molecule has 1 aromatic heterocycles. The normalized spacial score (nSPS) is 13.8. The van der Waals surface area contributed by atoms with E-state index in [0.29, 0.717) is 23.7 Å². The first-order chi connectivity index (χ1) is 12.6. The van der Waals surface area contributed by atoms with Gasteiger partial charge in [0.1, 0.15) is 6.04 Å². The highest BCUT2D eigenvalue weighted by atomic mass is 16.6. The summed E-state index contributed by atoms with van der Waals surface area (Å²) in [6.45, 7) is 10.1. The van der Waals surface area contributed by atoms with Crippen LogP contribution in [-0.2, 0) is 4.79 Å². The molecule has 0 aliphatic carbocycles. The van der Waals surface area contributed by atoms with Gasteiger partial charge in [0, 0.05) is 24.1 Å². The van der Waals surface area contributed by atoms with Crippen LogP contribution in [0.25, 0.3) is 11.4 Å². The maximum atomic E-state index is 12.4. The highest BCUT2D eigenvalue weighted by Crippen LogP contribution is 2.27. The number of nitro groups is 1. The topological polar surface area (TPSA) is 111 Å². The fourth-order valence-electron chi connectivity index (χ4n) is 2.60. The lowest BCUT2D eigenvalue weighted by molar-refractivity contribution is -0.384. The Bertz CT molecular complexity index is 793. The molecule has 27 heavy (non-hydrogen) atoms. The second-order valence-corrected chi connectivity index (χ2v) is 7.93. The van der Waals surface area contributed by atoms with Crippen molar-refractivity contribution < 1.29 is 14.2 Å². The molecule has 2 atom stereocenters. The minimum absolute atomic E-state index is 0.00519. The Hall–Kier alpha value is -2.77. The summed E-state index contributed by atoms with van der Waals surface area (Å²) in [5.41, 5.74) is 0.483. The van der Waals surface area contributed by atoms with E-state index in [0.717, 1.165) is 6.42 Å². The zero-order chi connectivity index (χ0) is 20.2. The van der Waals surface area contributed by atoms with E-state index in [2.05, 4.69) is 15.5 Å². The monoisotopic (exact) mass is 374 g/mol. The molecule has 1 N–H and O–H groups in total. The molecule has 0 aliphatic heterocycles. The van der Waals surface area contributed by atoms with Crippen LogP contribution in [0.15, 0.2) is 28.8 Å². The van der Waals surface area contributed by atoms with Gasteiger partial charge < -0.3 is 9.84 Å². The number of aromatic nitrogens is 2. The predicted octanol–water partition coefficient (Wildman–Crippen LogP) is 4.28. The number of nitrogens with zero attached hydrogens (tertiary/aromatic N) is 3. The SMILES string of the molecule is CCC(C)C(NC(=O)CC(C)(C)C)c1nc(-c2ccc([N+](=O)[O-])cc2)no1. The minimum Gasteiger partial charge on any atom is -0.344 e. The number of hydrogen-bond acceptors (Lipinski definition) is 6. The molecule has 1 aromatic carbocycles. The van der Waals surface area contributed by atoms with Gasteiger partial charge >= 0.3 is 0 Å². The molecular formula is C19H26N4O4. The number of rotatable bonds is 7. The summed E-state index contributed by atoms with van der Waals surface area (Å²) >= 11 is 0. The fraction of sp³-hybridized carbons (Fsp3) is 0.526. The summed E-state index contributed by atoms with van der Waals surface area (Å²) in [5.74, 6) is 0.709. The smallest absolute Gasteiger partial charge is 0.269 e. The summed E-state index contributed by atoms with van der Waals surface area (Å²) in [6, 6.07) is 5.54. The summed E-state index contributed by atoms with van der Waals surface area (Å²) in [4.78, 5) is 27.1. The van der Waals surface area contributed by atoms with Crippen molar-refractivity contribution in [3.05, 3.63) is 40.3 Å². The molecule has 0 aliphatic rings. The standard InChI is InChI=1S/C19H26N4O4/c1-6-12(2)16(20-15(24)11-19(3,4)5)18-21-17(22-27-18)13-7-9-14(10-8-13)23(25)26/h7-10,12,16H,6,11H2,1-5H3,(H,20,24). The molecule has 2 aromatic rings. The molecule has 8 heteroatoms. The minimum atomic E-state index is -0.463. The maximum absolute atomic E-state index is 12.4. The van der Waals surface area contributed by atoms with Gasteiger partial charge in [-0.3, -0.25) is 14.9 Å². The van der Waals surface area contributed by atoms with E-state index in [4.69, 9.17) is 4.52 Å². The predicted molar refractivity (Wildman–Crippen MR) is 101 cm³/mol. The van der Waals surface area contributed by atoms with Crippen molar-refractivity contribution in [3.63, 3.8) is 0 Å². The third-order valence-electron chi connectivity index (χ3n) is 4.26. The van der Waals surface area contributed by atoms with Crippen LogP contribution in [0.2, 0.25) is 0 Å². The molecule has 0 saturated carbocycles. The van der Waals surface area contributed by atoms with Gasteiger partial charge in [0.05, 0.1) is 4.92 Å². The molecule has 146 valence electrons. The number of amides is 1. The van der Waals surface area contributed by atoms with E-state index >= 15 is 0 Å². The van der Waals surface area contributed by atoms with E-state index in [1.54, 1.807) is 12.1 Å². The quantitative estimate of drug-likeness (QED) is 0.572. The molecule has 0 spiro atoms. The van der Waals surface area contributed by atoms with Crippen molar-refractivity contribution >= 4 is 11.6 Å². The van der Waals surface area contributed by atoms with Crippen LogP contribution >= 0.6 is 0 Å². The molecule has 2 unspecified atom stereocenters. The summed E-state index contributed by atoms with van der Waals surface area (Å²) in [7, 11) is 0. The summed E-state index contributed by atoms with van der Waals surface area (Å²) < 4.78 is 5.40. The number of nitro benzene ring substituents is 1. The lowest BCUT2D eigenvalue weighted by atomic mass is 9.91. The zero-order valence-electron chi connectivity index (χ0n) is 16.4. The van der Waals surface area contributed by atoms with E-state index in [9.17, 15) is 14.9 Å². The van der Waals surface area contributed by atoms with E-state index in [-0.39, 0.29) is 29.0 Å². The molecular weight excluding hydrogens is 348 g/mol. The summed E-state index contributed by atoms with van der Waals surface area (Å²) in [6.07, 6.45) is 1.22. The van der Waals surface area contributed by atoms with Gasteiger partial charge in [-0.15, -0.1) is 0 Å². The fourth-order valence-corrected chi connectivity index (χ4v) is 2.60. The van der Waals surface area contributed by atoms with E-state index in [1.807, 2.05) is 34.6 Å². The highest BCUT2D eigenvalue weighted by molar-refractivity contribution is 5.77. The Morgan fingerprint density at radius 2 is 1.93 bits per heavy atom. The Kier molecular flexibility index (Phi) is 6.30. The van der Waals surface area contributed by atoms with Crippen LogP contribution in [0.1, 0.15) is 59.4 Å². The molecule has 2 rings (SSSR count). The first-order valence-corrected chi connectivity index (χ1v) is 8.98. The van der Waals surface area contributed by atoms with Gasteiger partial charge in [0.2, 0.25) is 17.6 Å². The Labute approximate surface area is 158 Å². The van der Waals surface area contributed by atoms with Gasteiger partial charge in [-0.1, -0.05) is 46.2 Å². The first-order valence-electron chi connectivity index (χ1n) is 8.98. The molecule has 1 heterocycles. The molecule has 0 fully saturated rings. The third kappa shape index (κ3) is 5.60. The van der Waals surface area contributed by atoms with E-state index < -0.39 is 4.92 Å². The Morgan fingerprint density at radius 3 is 2.44 bits per heavy atom. The number of nitrogens with one attached hydrogen (secondary N) is 1. The van der Waals surface area contributed by atoms with Crippen molar-refractivity contribution in [1.29, 1.82) is 0 Å². The lowest BCUT2D eigenvalue weighted by Gasteiger charge is -2.23. The van der Waals surface area contributed by atoms with Crippen molar-refractivity contribution in [2.24, 2.45) is 11.3 Å². The van der Waals surface area contributed by atoms with Gasteiger partial charge in [-0.05, 0) is 23.5 Å². The van der Waals surface area contributed by atoms with Crippen LogP contribution in [0.3, 0.4) is 0 Å². The van der Waals surface area contributed by atoms with Gasteiger partial charge in [-0.25, -0.2) is 0 Å². The number of hydrogen-bond donors (Lipinski definition) is 1. The molecule has 8 nitrogen and oxygen atoms in total. The van der Waals surface area contributed by atoms with Crippen molar-refractivity contribution in [2.75, 3.05) is 0 Å². The number of carbonyl (C=O) groups excluding carboxylic acids is 1. The second kappa shape index (κ2) is 8.28. The van der Waals surface area contributed by atoms with Gasteiger partial charge in [-0.2, -0.15) is 4.98 Å². The molecule has 0 radical (unpaired) electrons. The maximum Gasteiger partial charge on any atom is 0.269 e. The Balaban J connectivity index is 2.22. The number of carbonyl (C=O) groups is 1. The third-order valence-corrected chi connectivity index (χ3v) is 4.26. The molecule has 0 bridgehead atoms. The average molecular weight is 374 g/mol. The van der Waals surface area contributed by atoms with Crippen LogP contribution in [0.4, 0.5) is 5.69 Å². The van der Waals surface area contributed by atoms with Gasteiger partial charge in [0.15, 0.2) is 0 Å². The lowest BCUT2D eigenvalue weighted by Crippen LogP contribution is -2.34. The first kappa shape index (κ1) is 20.5. The molecule has 0 saturated heterocycles. The van der Waals surface area contributed by atoms with Crippen LogP contribution < -0.4 is 5.32 Å². The van der Waals surface area contributed by atoms with Crippen molar-refractivity contribution in [1.82, 2.24) is 15.5 Å². The van der Waals surface area contributed by atoms with Crippen LogP contribution in [-0.4, -0.2) is 21.0 Å². The molecule has 1 amide bonds.